The van der Waals surface area contributed by atoms with Crippen molar-refractivity contribution in [3.8, 4) is 0 Å². The highest BCUT2D eigenvalue weighted by Gasteiger charge is 2.20. The van der Waals surface area contributed by atoms with Gasteiger partial charge in [0.1, 0.15) is 5.78 Å². The Morgan fingerprint density at radius 1 is 1.54 bits per heavy atom. The van der Waals surface area contributed by atoms with Crippen LogP contribution in [0.1, 0.15) is 19.8 Å². The molecule has 0 spiro atoms. The van der Waals surface area contributed by atoms with Gasteiger partial charge in [-0.3, -0.25) is 9.69 Å². The Morgan fingerprint density at radius 3 is 2.77 bits per heavy atom. The van der Waals surface area contributed by atoms with Gasteiger partial charge in [0.05, 0.1) is 13.2 Å². The summed E-state index contributed by atoms with van der Waals surface area (Å²) in [4.78, 5) is 12.7. The number of Topliss-reactive ketones (excluding diaryl/α,β-unsaturated/α-hetero) is 1. The zero-order valence-electron chi connectivity index (χ0n) is 8.58. The molecule has 0 aromatic rings. The molecule has 13 heavy (non-hydrogen) atoms. The lowest BCUT2D eigenvalue weighted by molar-refractivity contribution is -0.117. The summed E-state index contributed by atoms with van der Waals surface area (Å²) in [5.74, 6) is 1.04. The molecule has 1 aliphatic carbocycles. The maximum Gasteiger partial charge on any atom is 0.143 e. The Hall–Kier alpha value is -0.410. The molecule has 76 valence electrons. The van der Waals surface area contributed by atoms with Crippen molar-refractivity contribution in [1.29, 1.82) is 0 Å². The average Bonchev–Trinajstić information content (AvgIpc) is 2.80. The normalized spacial score (nSPS) is 16.5. The molecule has 1 rings (SSSR count). The molecule has 1 fully saturated rings. The van der Waals surface area contributed by atoms with E-state index >= 15 is 0 Å². The van der Waals surface area contributed by atoms with Crippen molar-refractivity contribution in [2.75, 3.05) is 33.4 Å². The highest BCUT2D eigenvalue weighted by Crippen LogP contribution is 2.28. The van der Waals surface area contributed by atoms with E-state index in [1.807, 2.05) is 11.9 Å². The zero-order valence-corrected chi connectivity index (χ0v) is 8.58. The fourth-order valence-corrected chi connectivity index (χ4v) is 1.21. The number of ketones is 1. The van der Waals surface area contributed by atoms with Gasteiger partial charge in [-0.1, -0.05) is 0 Å². The number of carbonyl (C=O) groups is 1. The molecule has 3 nitrogen and oxygen atoms in total. The lowest BCUT2D eigenvalue weighted by atomic mass is 10.4. The van der Waals surface area contributed by atoms with Gasteiger partial charge in [0, 0.05) is 13.2 Å². The number of hydrogen-bond acceptors (Lipinski definition) is 3. The summed E-state index contributed by atoms with van der Waals surface area (Å²) in [5.41, 5.74) is 0. The van der Waals surface area contributed by atoms with Crippen molar-refractivity contribution in [3.63, 3.8) is 0 Å². The van der Waals surface area contributed by atoms with Crippen LogP contribution in [0.5, 0.6) is 0 Å². The molecular weight excluding hydrogens is 166 g/mol. The third-order valence-corrected chi connectivity index (χ3v) is 2.16. The first kappa shape index (κ1) is 10.7. The second-order valence-corrected chi connectivity index (χ2v) is 3.96. The van der Waals surface area contributed by atoms with Crippen LogP contribution in [0.3, 0.4) is 0 Å². The lowest BCUT2D eigenvalue weighted by Gasteiger charge is -2.14. The zero-order chi connectivity index (χ0) is 9.68. The lowest BCUT2D eigenvalue weighted by Crippen LogP contribution is -2.28. The van der Waals surface area contributed by atoms with Gasteiger partial charge in [-0.05, 0) is 32.7 Å². The first-order valence-corrected chi connectivity index (χ1v) is 4.94. The Labute approximate surface area is 80.1 Å². The fraction of sp³-hybridized carbons (Fsp3) is 0.900. The summed E-state index contributed by atoms with van der Waals surface area (Å²) in [6, 6.07) is 0. The van der Waals surface area contributed by atoms with E-state index in [-0.39, 0.29) is 5.78 Å². The molecule has 1 saturated carbocycles. The molecular formula is C10H19NO2. The van der Waals surface area contributed by atoms with E-state index in [0.29, 0.717) is 6.54 Å². The number of rotatable bonds is 7. The van der Waals surface area contributed by atoms with E-state index in [1.54, 1.807) is 6.92 Å². The van der Waals surface area contributed by atoms with E-state index in [0.717, 1.165) is 25.7 Å². The van der Waals surface area contributed by atoms with Gasteiger partial charge in [0.2, 0.25) is 0 Å². The van der Waals surface area contributed by atoms with Gasteiger partial charge in [0.15, 0.2) is 0 Å². The minimum atomic E-state index is 0.213. The maximum atomic E-state index is 10.7. The molecule has 0 aromatic heterocycles. The third-order valence-electron chi connectivity index (χ3n) is 2.16. The number of ether oxygens (including phenoxy) is 1. The molecule has 0 unspecified atom stereocenters. The van der Waals surface area contributed by atoms with Gasteiger partial charge in [-0.25, -0.2) is 0 Å². The predicted molar refractivity (Wildman–Crippen MR) is 51.7 cm³/mol. The van der Waals surface area contributed by atoms with E-state index in [2.05, 4.69) is 0 Å². The van der Waals surface area contributed by atoms with Crippen LogP contribution in [0.4, 0.5) is 0 Å². The predicted octanol–water partition coefficient (Wildman–Crippen LogP) is 0.934. The highest BCUT2D eigenvalue weighted by molar-refractivity contribution is 5.77. The SMILES string of the molecule is CC(=O)CN(C)CCOCC1CC1. The smallest absolute Gasteiger partial charge is 0.143 e. The highest BCUT2D eigenvalue weighted by atomic mass is 16.5. The summed E-state index contributed by atoms with van der Waals surface area (Å²) in [5, 5.41) is 0. The van der Waals surface area contributed by atoms with E-state index in [4.69, 9.17) is 4.74 Å². The summed E-state index contributed by atoms with van der Waals surface area (Å²) in [7, 11) is 1.95. The number of likely N-dealkylation sites (N-methyl/N-ethyl adjacent to an activating group) is 1. The molecule has 0 bridgehead atoms. The minimum absolute atomic E-state index is 0.213. The van der Waals surface area contributed by atoms with Crippen LogP contribution in [0.25, 0.3) is 0 Å². The standard InChI is InChI=1S/C10H19NO2/c1-9(12)7-11(2)5-6-13-8-10-3-4-10/h10H,3-8H2,1-2H3. The Morgan fingerprint density at radius 2 is 2.23 bits per heavy atom. The molecule has 0 heterocycles. The summed E-state index contributed by atoms with van der Waals surface area (Å²) >= 11 is 0. The van der Waals surface area contributed by atoms with Crippen LogP contribution in [0.2, 0.25) is 0 Å². The average molecular weight is 185 g/mol. The summed E-state index contributed by atoms with van der Waals surface area (Å²) < 4.78 is 5.46. The summed E-state index contributed by atoms with van der Waals surface area (Å²) in [6.45, 7) is 4.66. The monoisotopic (exact) mass is 185 g/mol. The molecule has 3 heteroatoms. The van der Waals surface area contributed by atoms with Gasteiger partial charge >= 0.3 is 0 Å². The quantitative estimate of drug-likeness (QED) is 0.553. The van der Waals surface area contributed by atoms with Crippen LogP contribution in [0.15, 0.2) is 0 Å². The van der Waals surface area contributed by atoms with Crippen LogP contribution in [-0.2, 0) is 9.53 Å². The topological polar surface area (TPSA) is 29.5 Å². The van der Waals surface area contributed by atoms with Crippen LogP contribution in [0, 0.1) is 5.92 Å². The van der Waals surface area contributed by atoms with E-state index in [9.17, 15) is 4.79 Å². The van der Waals surface area contributed by atoms with Gasteiger partial charge in [0.25, 0.3) is 0 Å². The minimum Gasteiger partial charge on any atom is -0.380 e. The van der Waals surface area contributed by atoms with E-state index in [1.165, 1.54) is 12.8 Å². The second kappa shape index (κ2) is 5.35. The van der Waals surface area contributed by atoms with Crippen molar-refractivity contribution in [2.45, 2.75) is 19.8 Å². The van der Waals surface area contributed by atoms with Gasteiger partial charge in [-0.15, -0.1) is 0 Å². The molecule has 1 aliphatic rings. The molecule has 0 amide bonds. The van der Waals surface area contributed by atoms with Crippen molar-refractivity contribution >= 4 is 5.78 Å². The molecule has 0 atom stereocenters. The summed E-state index contributed by atoms with van der Waals surface area (Å²) in [6.07, 6.45) is 2.67. The molecule has 0 radical (unpaired) electrons. The van der Waals surface area contributed by atoms with Crippen LogP contribution >= 0.6 is 0 Å². The van der Waals surface area contributed by atoms with E-state index < -0.39 is 0 Å². The Balaban J connectivity index is 1.88. The third kappa shape index (κ3) is 5.77. The molecule has 0 aromatic carbocycles. The Bertz CT molecular complexity index is 166. The second-order valence-electron chi connectivity index (χ2n) is 3.96. The molecule has 0 N–H and O–H groups in total. The number of hydrogen-bond donors (Lipinski definition) is 0. The van der Waals surface area contributed by atoms with Crippen molar-refractivity contribution < 1.29 is 9.53 Å². The molecule has 0 saturated heterocycles. The first-order valence-electron chi connectivity index (χ1n) is 4.94. The largest absolute Gasteiger partial charge is 0.380 e. The van der Waals surface area contributed by atoms with Crippen molar-refractivity contribution in [1.82, 2.24) is 4.90 Å². The number of nitrogens with zero attached hydrogens (tertiary/aromatic N) is 1. The fourth-order valence-electron chi connectivity index (χ4n) is 1.21. The number of carbonyl (C=O) groups excluding carboxylic acids is 1. The van der Waals surface area contributed by atoms with Crippen LogP contribution in [-0.4, -0.2) is 44.0 Å². The first-order chi connectivity index (χ1) is 6.18. The van der Waals surface area contributed by atoms with Crippen molar-refractivity contribution in [3.05, 3.63) is 0 Å². The van der Waals surface area contributed by atoms with Gasteiger partial charge in [-0.2, -0.15) is 0 Å². The Kier molecular flexibility index (Phi) is 4.39. The van der Waals surface area contributed by atoms with Crippen molar-refractivity contribution in [2.24, 2.45) is 5.92 Å². The molecule has 0 aliphatic heterocycles. The maximum absolute atomic E-state index is 10.7. The van der Waals surface area contributed by atoms with Crippen LogP contribution < -0.4 is 0 Å². The van der Waals surface area contributed by atoms with Gasteiger partial charge < -0.3 is 4.74 Å².